The van der Waals surface area contributed by atoms with Crippen LogP contribution >= 0.6 is 11.3 Å². The topological polar surface area (TPSA) is 67.6 Å². The third-order valence-electron chi connectivity index (χ3n) is 4.32. The van der Waals surface area contributed by atoms with Crippen molar-refractivity contribution in [3.05, 3.63) is 82.4 Å². The van der Waals surface area contributed by atoms with Crippen molar-refractivity contribution in [2.24, 2.45) is 0 Å². The van der Waals surface area contributed by atoms with Crippen molar-refractivity contribution < 1.29 is 9.59 Å². The number of benzene rings is 1. The number of rotatable bonds is 5. The highest BCUT2D eigenvalue weighted by molar-refractivity contribution is 7.12. The van der Waals surface area contributed by atoms with Gasteiger partial charge in [-0.15, -0.1) is 11.3 Å². The zero-order chi connectivity index (χ0) is 18.8. The normalized spacial score (nSPS) is 10.9. The minimum atomic E-state index is -0.114. The van der Waals surface area contributed by atoms with Gasteiger partial charge in [-0.2, -0.15) is 5.10 Å². The van der Waals surface area contributed by atoms with Crippen LogP contribution < -0.4 is 4.90 Å². The van der Waals surface area contributed by atoms with Gasteiger partial charge in [0.25, 0.3) is 0 Å². The summed E-state index contributed by atoms with van der Waals surface area (Å²) in [6, 6.07) is 14.8. The van der Waals surface area contributed by atoms with E-state index in [9.17, 15) is 9.59 Å². The maximum absolute atomic E-state index is 12.7. The Morgan fingerprint density at radius 1 is 1.11 bits per heavy atom. The Hall–Kier alpha value is -3.32. The Morgan fingerprint density at radius 2 is 1.93 bits per heavy atom. The highest BCUT2D eigenvalue weighted by Crippen LogP contribution is 2.19. The second-order valence-electron chi connectivity index (χ2n) is 6.00. The van der Waals surface area contributed by atoms with Gasteiger partial charge >= 0.3 is 0 Å². The van der Waals surface area contributed by atoms with E-state index in [1.54, 1.807) is 34.8 Å². The van der Waals surface area contributed by atoms with E-state index in [0.717, 1.165) is 5.69 Å². The van der Waals surface area contributed by atoms with Crippen molar-refractivity contribution >= 4 is 34.4 Å². The number of fused-ring (bicyclic) bond motifs is 1. The summed E-state index contributed by atoms with van der Waals surface area (Å²) >= 11 is 1.38. The summed E-state index contributed by atoms with van der Waals surface area (Å²) in [4.78, 5) is 31.9. The summed E-state index contributed by atoms with van der Waals surface area (Å²) < 4.78 is 1.57. The molecular weight excluding hydrogens is 360 g/mol. The van der Waals surface area contributed by atoms with Crippen LogP contribution in [0.1, 0.15) is 20.9 Å². The van der Waals surface area contributed by atoms with Crippen molar-refractivity contribution in [3.8, 4) is 0 Å². The highest BCUT2D eigenvalue weighted by atomic mass is 32.1. The molecule has 0 atom stereocenters. The molecule has 0 N–H and O–H groups in total. The van der Waals surface area contributed by atoms with Gasteiger partial charge in [0, 0.05) is 18.9 Å². The second kappa shape index (κ2) is 7.13. The molecule has 0 radical (unpaired) electrons. The molecule has 0 spiro atoms. The predicted molar refractivity (Wildman–Crippen MR) is 104 cm³/mol. The maximum Gasteiger partial charge on any atom is 0.232 e. The molecular formula is C20H16N4O2S. The summed E-state index contributed by atoms with van der Waals surface area (Å²) in [6.45, 7) is 0. The number of nitrogens with zero attached hydrogens (tertiary/aromatic N) is 4. The third-order valence-corrected chi connectivity index (χ3v) is 5.19. The van der Waals surface area contributed by atoms with Crippen LogP contribution in [-0.4, -0.2) is 33.3 Å². The van der Waals surface area contributed by atoms with Gasteiger partial charge in [0.05, 0.1) is 28.8 Å². The summed E-state index contributed by atoms with van der Waals surface area (Å²) in [5.74, 6) is -0.187. The Morgan fingerprint density at radius 3 is 2.67 bits per heavy atom. The second-order valence-corrected chi connectivity index (χ2v) is 6.95. The lowest BCUT2D eigenvalue weighted by molar-refractivity contribution is -0.117. The van der Waals surface area contributed by atoms with Gasteiger partial charge in [-0.1, -0.05) is 24.3 Å². The van der Waals surface area contributed by atoms with Gasteiger partial charge < -0.3 is 4.90 Å². The van der Waals surface area contributed by atoms with Crippen molar-refractivity contribution in [1.29, 1.82) is 0 Å². The van der Waals surface area contributed by atoms with Crippen LogP contribution in [0.15, 0.2) is 66.3 Å². The standard InChI is InChI=1S/C20H16N4O2S/c1-23(14-6-3-2-4-7-14)18(25)12-15-9-10-21-20-16(13-22-24(15)20)19(26)17-8-5-11-27-17/h2-11,13H,12H2,1H3. The molecule has 3 heterocycles. The van der Waals surface area contributed by atoms with Crippen LogP contribution in [-0.2, 0) is 11.2 Å². The van der Waals surface area contributed by atoms with Gasteiger partial charge in [0.1, 0.15) is 0 Å². The van der Waals surface area contributed by atoms with E-state index in [1.807, 2.05) is 41.8 Å². The zero-order valence-electron chi connectivity index (χ0n) is 14.6. The van der Waals surface area contributed by atoms with Crippen LogP contribution in [0.3, 0.4) is 0 Å². The minimum absolute atomic E-state index is 0.0738. The molecule has 0 aliphatic heterocycles. The van der Waals surface area contributed by atoms with E-state index in [0.29, 0.717) is 21.8 Å². The monoisotopic (exact) mass is 376 g/mol. The molecule has 6 nitrogen and oxygen atoms in total. The number of likely N-dealkylation sites (N-methyl/N-ethyl adjacent to an activating group) is 1. The Kier molecular flexibility index (Phi) is 4.52. The molecule has 0 aliphatic rings. The van der Waals surface area contributed by atoms with Crippen LogP contribution in [0.4, 0.5) is 5.69 Å². The average molecular weight is 376 g/mol. The van der Waals surface area contributed by atoms with E-state index in [4.69, 9.17) is 0 Å². The number of para-hydroxylation sites is 1. The first-order chi connectivity index (χ1) is 13.1. The van der Waals surface area contributed by atoms with Crippen LogP contribution in [0, 0.1) is 0 Å². The summed E-state index contributed by atoms with van der Waals surface area (Å²) in [7, 11) is 1.74. The number of aromatic nitrogens is 3. The number of amides is 1. The number of hydrogen-bond acceptors (Lipinski definition) is 5. The summed E-state index contributed by atoms with van der Waals surface area (Å²) in [5, 5.41) is 6.16. The SMILES string of the molecule is CN(C(=O)Cc1ccnc2c(C(=O)c3cccs3)cnn12)c1ccccc1. The van der Waals surface area contributed by atoms with E-state index in [1.165, 1.54) is 17.5 Å². The van der Waals surface area contributed by atoms with Gasteiger partial charge in [-0.05, 0) is 29.6 Å². The van der Waals surface area contributed by atoms with Crippen molar-refractivity contribution in [3.63, 3.8) is 0 Å². The lowest BCUT2D eigenvalue weighted by Gasteiger charge is -2.17. The fourth-order valence-electron chi connectivity index (χ4n) is 2.84. The molecule has 7 heteroatoms. The zero-order valence-corrected chi connectivity index (χ0v) is 15.4. The minimum Gasteiger partial charge on any atom is -0.315 e. The fraction of sp³-hybridized carbons (Fsp3) is 0.100. The van der Waals surface area contributed by atoms with Crippen LogP contribution in [0.25, 0.3) is 5.65 Å². The highest BCUT2D eigenvalue weighted by Gasteiger charge is 2.19. The van der Waals surface area contributed by atoms with Gasteiger partial charge in [0.2, 0.25) is 11.7 Å². The van der Waals surface area contributed by atoms with Gasteiger partial charge in [-0.3, -0.25) is 9.59 Å². The number of ketones is 1. The number of anilines is 1. The maximum atomic E-state index is 12.7. The lowest BCUT2D eigenvalue weighted by Crippen LogP contribution is -2.28. The quantitative estimate of drug-likeness (QED) is 0.502. The molecule has 0 aliphatic carbocycles. The molecule has 1 amide bonds. The molecule has 0 fully saturated rings. The van der Waals surface area contributed by atoms with Gasteiger partial charge in [-0.25, -0.2) is 9.50 Å². The Bertz CT molecular complexity index is 1100. The Labute approximate surface area is 159 Å². The number of thiophene rings is 1. The van der Waals surface area contributed by atoms with Crippen molar-refractivity contribution in [2.45, 2.75) is 6.42 Å². The van der Waals surface area contributed by atoms with E-state index < -0.39 is 0 Å². The van der Waals surface area contributed by atoms with Gasteiger partial charge in [0.15, 0.2) is 5.65 Å². The first-order valence-electron chi connectivity index (χ1n) is 8.36. The van der Waals surface area contributed by atoms with Crippen molar-refractivity contribution in [2.75, 3.05) is 11.9 Å². The number of carbonyl (C=O) groups is 2. The molecule has 4 rings (SSSR count). The van der Waals surface area contributed by atoms with E-state index in [2.05, 4.69) is 10.1 Å². The third kappa shape index (κ3) is 3.24. The predicted octanol–water partition coefficient (Wildman–Crippen LogP) is 3.23. The first-order valence-corrected chi connectivity index (χ1v) is 9.24. The molecule has 4 aromatic rings. The summed E-state index contributed by atoms with van der Waals surface area (Å²) in [5.41, 5.74) is 2.39. The molecule has 0 unspecified atom stereocenters. The number of carbonyl (C=O) groups excluding carboxylic acids is 2. The van der Waals surface area contributed by atoms with E-state index >= 15 is 0 Å². The number of hydrogen-bond donors (Lipinski definition) is 0. The fourth-order valence-corrected chi connectivity index (χ4v) is 3.52. The molecule has 134 valence electrons. The molecule has 0 saturated carbocycles. The first kappa shape index (κ1) is 17.1. The molecule has 27 heavy (non-hydrogen) atoms. The largest absolute Gasteiger partial charge is 0.315 e. The van der Waals surface area contributed by atoms with E-state index in [-0.39, 0.29) is 18.1 Å². The molecule has 1 aromatic carbocycles. The van der Waals surface area contributed by atoms with Crippen molar-refractivity contribution in [1.82, 2.24) is 14.6 Å². The molecule has 0 saturated heterocycles. The smallest absolute Gasteiger partial charge is 0.232 e. The lowest BCUT2D eigenvalue weighted by atomic mass is 10.2. The van der Waals surface area contributed by atoms with Crippen LogP contribution in [0.2, 0.25) is 0 Å². The molecule has 3 aromatic heterocycles. The van der Waals surface area contributed by atoms with Crippen LogP contribution in [0.5, 0.6) is 0 Å². The average Bonchev–Trinajstić information content (AvgIpc) is 3.38. The molecule has 0 bridgehead atoms. The summed E-state index contributed by atoms with van der Waals surface area (Å²) in [6.07, 6.45) is 3.27. The Balaban J connectivity index is 1.64.